The van der Waals surface area contributed by atoms with Crippen LogP contribution in [0, 0.1) is 0 Å². The molecule has 1 heterocycles. The van der Waals surface area contributed by atoms with Gasteiger partial charge in [0.05, 0.1) is 11.0 Å². The third-order valence-electron chi connectivity index (χ3n) is 2.22. The molecule has 2 rings (SSSR count). The molecular weight excluding hydrogens is 196 g/mol. The number of rotatable bonds is 3. The van der Waals surface area contributed by atoms with E-state index in [4.69, 9.17) is 0 Å². The highest BCUT2D eigenvalue weighted by Crippen LogP contribution is 2.09. The van der Waals surface area contributed by atoms with Gasteiger partial charge in [0.15, 0.2) is 0 Å². The van der Waals surface area contributed by atoms with Gasteiger partial charge in [-0.2, -0.15) is 12.6 Å². The van der Waals surface area contributed by atoms with Gasteiger partial charge in [0, 0.05) is 6.54 Å². The van der Waals surface area contributed by atoms with Crippen LogP contribution in [-0.2, 0) is 6.54 Å². The maximum Gasteiger partial charge on any atom is 0.326 e. The van der Waals surface area contributed by atoms with Crippen LogP contribution in [0.1, 0.15) is 6.42 Å². The number of aryl methyl sites for hydroxylation is 1. The minimum atomic E-state index is -0.0343. The smallest absolute Gasteiger partial charge is 0.306 e. The number of fused-ring (bicyclic) bond motifs is 1. The minimum Gasteiger partial charge on any atom is -0.306 e. The van der Waals surface area contributed by atoms with E-state index in [1.165, 1.54) is 0 Å². The lowest BCUT2D eigenvalue weighted by Crippen LogP contribution is -2.16. The third kappa shape index (κ3) is 1.57. The average molecular weight is 208 g/mol. The second-order valence-electron chi connectivity index (χ2n) is 3.18. The van der Waals surface area contributed by atoms with E-state index in [9.17, 15) is 4.79 Å². The Morgan fingerprint density at radius 3 is 2.93 bits per heavy atom. The predicted octanol–water partition coefficient (Wildman–Crippen LogP) is 1.65. The van der Waals surface area contributed by atoms with E-state index >= 15 is 0 Å². The molecule has 0 atom stereocenters. The van der Waals surface area contributed by atoms with Crippen LogP contribution in [0.2, 0.25) is 0 Å². The average Bonchev–Trinajstić information content (AvgIpc) is 2.51. The van der Waals surface area contributed by atoms with Crippen molar-refractivity contribution in [2.24, 2.45) is 0 Å². The highest BCUT2D eigenvalue weighted by molar-refractivity contribution is 7.80. The second kappa shape index (κ2) is 3.92. The predicted molar refractivity (Wildman–Crippen MR) is 61.0 cm³/mol. The number of nitrogens with zero attached hydrogens (tertiary/aromatic N) is 1. The molecule has 1 N–H and O–H groups in total. The maximum atomic E-state index is 11.5. The quantitative estimate of drug-likeness (QED) is 0.739. The molecule has 1 aromatic heterocycles. The number of aromatic nitrogens is 2. The number of thiol groups is 1. The summed E-state index contributed by atoms with van der Waals surface area (Å²) < 4.78 is 1.76. The van der Waals surface area contributed by atoms with E-state index in [2.05, 4.69) is 17.6 Å². The van der Waals surface area contributed by atoms with Crippen LogP contribution in [0.25, 0.3) is 11.0 Å². The normalized spacial score (nSPS) is 10.9. The zero-order valence-corrected chi connectivity index (χ0v) is 8.63. The van der Waals surface area contributed by atoms with Crippen molar-refractivity contribution in [1.29, 1.82) is 0 Å². The zero-order valence-electron chi connectivity index (χ0n) is 7.73. The van der Waals surface area contributed by atoms with Crippen LogP contribution < -0.4 is 5.69 Å². The van der Waals surface area contributed by atoms with E-state index in [1.54, 1.807) is 4.57 Å². The molecule has 1 aromatic carbocycles. The molecule has 2 aromatic rings. The van der Waals surface area contributed by atoms with Crippen LogP contribution >= 0.6 is 12.6 Å². The lowest BCUT2D eigenvalue weighted by Gasteiger charge is -2.00. The molecule has 74 valence electrons. The molecule has 14 heavy (non-hydrogen) atoms. The summed E-state index contributed by atoms with van der Waals surface area (Å²) in [6, 6.07) is 7.72. The molecule has 0 aliphatic rings. The van der Waals surface area contributed by atoms with Crippen molar-refractivity contribution >= 4 is 23.7 Å². The molecule has 0 bridgehead atoms. The van der Waals surface area contributed by atoms with E-state index < -0.39 is 0 Å². The van der Waals surface area contributed by atoms with Crippen molar-refractivity contribution in [3.8, 4) is 0 Å². The molecule has 0 spiro atoms. The Labute approximate surface area is 87.2 Å². The molecule has 4 heteroatoms. The first-order chi connectivity index (χ1) is 6.83. The standard InChI is InChI=1S/C10H12N2OS/c13-10-11-8-4-1-2-5-9(8)12(10)6-3-7-14/h1-2,4-5,14H,3,6-7H2,(H,11,13). The molecule has 3 nitrogen and oxygen atoms in total. The number of para-hydroxylation sites is 2. The Morgan fingerprint density at radius 2 is 2.14 bits per heavy atom. The van der Waals surface area contributed by atoms with Crippen LogP contribution in [-0.4, -0.2) is 15.3 Å². The summed E-state index contributed by atoms with van der Waals surface area (Å²) in [7, 11) is 0. The van der Waals surface area contributed by atoms with Gasteiger partial charge in [0.25, 0.3) is 0 Å². The number of nitrogens with one attached hydrogen (secondary N) is 1. The third-order valence-corrected chi connectivity index (χ3v) is 2.54. The van der Waals surface area contributed by atoms with E-state index in [0.29, 0.717) is 0 Å². The second-order valence-corrected chi connectivity index (χ2v) is 3.62. The Kier molecular flexibility index (Phi) is 2.63. The van der Waals surface area contributed by atoms with Crippen molar-refractivity contribution in [2.75, 3.05) is 5.75 Å². The van der Waals surface area contributed by atoms with Gasteiger partial charge in [0.1, 0.15) is 0 Å². The molecule has 0 aliphatic carbocycles. The van der Waals surface area contributed by atoms with E-state index in [1.807, 2.05) is 24.3 Å². The Morgan fingerprint density at radius 1 is 1.36 bits per heavy atom. The Bertz CT molecular complexity index is 486. The first kappa shape index (κ1) is 9.40. The van der Waals surface area contributed by atoms with Crippen LogP contribution in [0.3, 0.4) is 0 Å². The SMILES string of the molecule is O=c1[nH]c2ccccc2n1CCCS. The molecule has 0 aliphatic heterocycles. The summed E-state index contributed by atoms with van der Waals surface area (Å²) in [5.74, 6) is 0.798. The number of aromatic amines is 1. The Hall–Kier alpha value is -1.16. The fourth-order valence-electron chi connectivity index (χ4n) is 1.56. The first-order valence-electron chi connectivity index (χ1n) is 4.61. The lowest BCUT2D eigenvalue weighted by molar-refractivity contribution is 0.680. The van der Waals surface area contributed by atoms with Gasteiger partial charge in [-0.05, 0) is 24.3 Å². The largest absolute Gasteiger partial charge is 0.326 e. The first-order valence-corrected chi connectivity index (χ1v) is 5.24. The lowest BCUT2D eigenvalue weighted by atomic mass is 10.3. The summed E-state index contributed by atoms with van der Waals surface area (Å²) in [5, 5.41) is 0. The number of hydrogen-bond acceptors (Lipinski definition) is 2. The molecule has 0 saturated carbocycles. The van der Waals surface area contributed by atoms with Gasteiger partial charge in [0.2, 0.25) is 0 Å². The topological polar surface area (TPSA) is 37.8 Å². The van der Waals surface area contributed by atoms with Crippen molar-refractivity contribution in [3.63, 3.8) is 0 Å². The molecule has 0 saturated heterocycles. The van der Waals surface area contributed by atoms with Crippen LogP contribution in [0.15, 0.2) is 29.1 Å². The van der Waals surface area contributed by atoms with Gasteiger partial charge >= 0.3 is 5.69 Å². The summed E-state index contributed by atoms with van der Waals surface area (Å²) in [6.07, 6.45) is 0.908. The highest BCUT2D eigenvalue weighted by Gasteiger charge is 2.03. The number of hydrogen-bond donors (Lipinski definition) is 2. The zero-order chi connectivity index (χ0) is 9.97. The van der Waals surface area contributed by atoms with Crippen LogP contribution in [0.5, 0.6) is 0 Å². The van der Waals surface area contributed by atoms with Gasteiger partial charge in [-0.1, -0.05) is 12.1 Å². The molecular formula is C10H12N2OS. The van der Waals surface area contributed by atoms with Gasteiger partial charge in [-0.15, -0.1) is 0 Å². The van der Waals surface area contributed by atoms with E-state index in [-0.39, 0.29) is 5.69 Å². The monoisotopic (exact) mass is 208 g/mol. The molecule has 0 radical (unpaired) electrons. The summed E-state index contributed by atoms with van der Waals surface area (Å²) >= 11 is 4.13. The minimum absolute atomic E-state index is 0.0343. The van der Waals surface area contributed by atoms with Gasteiger partial charge < -0.3 is 4.98 Å². The number of H-pyrrole nitrogens is 1. The van der Waals surface area contributed by atoms with Gasteiger partial charge in [-0.3, -0.25) is 4.57 Å². The molecule has 0 amide bonds. The van der Waals surface area contributed by atoms with Crippen molar-refractivity contribution < 1.29 is 0 Å². The summed E-state index contributed by atoms with van der Waals surface area (Å²) in [6.45, 7) is 0.729. The van der Waals surface area contributed by atoms with Crippen molar-refractivity contribution in [3.05, 3.63) is 34.7 Å². The van der Waals surface area contributed by atoms with Crippen LogP contribution in [0.4, 0.5) is 0 Å². The fourth-order valence-corrected chi connectivity index (χ4v) is 1.70. The number of benzene rings is 1. The molecule has 0 unspecified atom stereocenters. The highest BCUT2D eigenvalue weighted by atomic mass is 32.1. The molecule has 0 fully saturated rings. The van der Waals surface area contributed by atoms with Crippen molar-refractivity contribution in [2.45, 2.75) is 13.0 Å². The fraction of sp³-hybridized carbons (Fsp3) is 0.300. The maximum absolute atomic E-state index is 11.5. The Balaban J connectivity index is 2.51. The van der Waals surface area contributed by atoms with Gasteiger partial charge in [-0.25, -0.2) is 4.79 Å². The summed E-state index contributed by atoms with van der Waals surface area (Å²) in [4.78, 5) is 14.3. The van der Waals surface area contributed by atoms with E-state index in [0.717, 1.165) is 29.8 Å². The number of imidazole rings is 1. The summed E-state index contributed by atoms with van der Waals surface area (Å²) in [5.41, 5.74) is 1.84. The van der Waals surface area contributed by atoms with Crippen molar-refractivity contribution in [1.82, 2.24) is 9.55 Å².